The van der Waals surface area contributed by atoms with Crippen molar-refractivity contribution in [1.82, 2.24) is 0 Å². The molecule has 0 aromatic carbocycles. The zero-order valence-corrected chi connectivity index (χ0v) is 8.63. The smallest absolute Gasteiger partial charge is 0.0662 e. The number of allylic oxidation sites excluding steroid dienone is 2. The minimum Gasteiger partial charge on any atom is -0.198 e. The van der Waals surface area contributed by atoms with Gasteiger partial charge in [0.05, 0.1) is 12.0 Å². The van der Waals surface area contributed by atoms with Gasteiger partial charge in [-0.05, 0) is 42.9 Å². The molecule has 0 aliphatic heterocycles. The summed E-state index contributed by atoms with van der Waals surface area (Å²) >= 11 is 0. The second-order valence-corrected chi connectivity index (χ2v) is 5.41. The summed E-state index contributed by atoms with van der Waals surface area (Å²) in [5, 5.41) is 9.18. The van der Waals surface area contributed by atoms with Gasteiger partial charge >= 0.3 is 0 Å². The predicted molar refractivity (Wildman–Crippen MR) is 55.4 cm³/mol. The fourth-order valence-electron chi connectivity index (χ4n) is 4.34. The first kappa shape index (κ1) is 8.53. The summed E-state index contributed by atoms with van der Waals surface area (Å²) in [6.07, 6.45) is 13.8. The number of rotatable bonds is 0. The van der Waals surface area contributed by atoms with Crippen molar-refractivity contribution in [2.24, 2.45) is 16.7 Å². The van der Waals surface area contributed by atoms with E-state index >= 15 is 0 Å². The molecule has 0 heterocycles. The molecule has 0 spiro atoms. The van der Waals surface area contributed by atoms with Gasteiger partial charge in [-0.3, -0.25) is 0 Å². The highest BCUT2D eigenvalue weighted by molar-refractivity contribution is 5.24. The Morgan fingerprint density at radius 2 is 1.93 bits per heavy atom. The zero-order valence-electron chi connectivity index (χ0n) is 8.63. The molecule has 2 saturated carbocycles. The highest BCUT2D eigenvalue weighted by Crippen LogP contribution is 2.72. The standard InChI is InChI=1S/C13H17N/c14-10-11-9-12-5-1-3-7-13(11,12)8-4-2-6-12/h1,3,11H,2,4-9H2/t11-,12+,13+/m1/s1. The Labute approximate surface area is 85.8 Å². The maximum Gasteiger partial charge on any atom is 0.0662 e. The molecule has 3 aliphatic carbocycles. The maximum atomic E-state index is 9.18. The van der Waals surface area contributed by atoms with Crippen molar-refractivity contribution >= 4 is 0 Å². The zero-order chi connectivity index (χ0) is 9.65. The summed E-state index contributed by atoms with van der Waals surface area (Å²) in [5.74, 6) is 0.368. The molecule has 14 heavy (non-hydrogen) atoms. The summed E-state index contributed by atoms with van der Waals surface area (Å²) in [4.78, 5) is 0. The molecule has 0 radical (unpaired) electrons. The van der Waals surface area contributed by atoms with Gasteiger partial charge in [0.2, 0.25) is 0 Å². The van der Waals surface area contributed by atoms with Crippen LogP contribution in [0.25, 0.3) is 0 Å². The average molecular weight is 187 g/mol. The fraction of sp³-hybridized carbons (Fsp3) is 0.769. The molecular formula is C13H17N. The molecule has 0 aromatic heterocycles. The number of nitrogens with zero attached hydrogens (tertiary/aromatic N) is 1. The van der Waals surface area contributed by atoms with Crippen LogP contribution in [0.1, 0.15) is 44.9 Å². The summed E-state index contributed by atoms with van der Waals surface area (Å²) in [6.45, 7) is 0. The molecule has 0 bridgehead atoms. The summed E-state index contributed by atoms with van der Waals surface area (Å²) in [7, 11) is 0. The van der Waals surface area contributed by atoms with E-state index < -0.39 is 0 Å². The lowest BCUT2D eigenvalue weighted by Gasteiger charge is -2.66. The van der Waals surface area contributed by atoms with E-state index in [2.05, 4.69) is 18.2 Å². The van der Waals surface area contributed by atoms with Crippen LogP contribution < -0.4 is 0 Å². The molecule has 0 aromatic rings. The van der Waals surface area contributed by atoms with Crippen LogP contribution in [0.5, 0.6) is 0 Å². The van der Waals surface area contributed by atoms with E-state index in [4.69, 9.17) is 0 Å². The number of nitriles is 1. The van der Waals surface area contributed by atoms with Crippen molar-refractivity contribution in [2.75, 3.05) is 0 Å². The molecule has 1 heteroatoms. The van der Waals surface area contributed by atoms with Crippen LogP contribution in [0.2, 0.25) is 0 Å². The van der Waals surface area contributed by atoms with Crippen LogP contribution in [0.15, 0.2) is 12.2 Å². The van der Waals surface area contributed by atoms with E-state index in [1.807, 2.05) is 0 Å². The minimum atomic E-state index is 0.368. The Bertz CT molecular complexity index is 325. The van der Waals surface area contributed by atoms with Crippen molar-refractivity contribution in [3.8, 4) is 6.07 Å². The maximum absolute atomic E-state index is 9.18. The third-order valence-electron chi connectivity index (χ3n) is 5.16. The lowest BCUT2D eigenvalue weighted by Crippen LogP contribution is -2.60. The average Bonchev–Trinajstić information content (AvgIpc) is 2.21. The minimum absolute atomic E-state index is 0.368. The Morgan fingerprint density at radius 1 is 1.14 bits per heavy atom. The van der Waals surface area contributed by atoms with Crippen molar-refractivity contribution in [3.05, 3.63) is 12.2 Å². The first-order chi connectivity index (χ1) is 6.83. The third kappa shape index (κ3) is 0.764. The molecule has 1 nitrogen and oxygen atoms in total. The summed E-state index contributed by atoms with van der Waals surface area (Å²) < 4.78 is 0. The van der Waals surface area contributed by atoms with Gasteiger partial charge in [-0.25, -0.2) is 0 Å². The van der Waals surface area contributed by atoms with Gasteiger partial charge in [-0.15, -0.1) is 0 Å². The number of hydrogen-bond acceptors (Lipinski definition) is 1. The normalized spacial score (nSPS) is 49.8. The van der Waals surface area contributed by atoms with Crippen LogP contribution in [-0.2, 0) is 0 Å². The van der Waals surface area contributed by atoms with E-state index in [9.17, 15) is 5.26 Å². The van der Waals surface area contributed by atoms with Gasteiger partial charge in [0.15, 0.2) is 0 Å². The Morgan fingerprint density at radius 3 is 2.79 bits per heavy atom. The SMILES string of the molecule is N#C[C@H]1C[C@@]23CC=CC[C@]12CCCC3. The summed E-state index contributed by atoms with van der Waals surface area (Å²) in [5.41, 5.74) is 0.967. The Balaban J connectivity index is 2.01. The van der Waals surface area contributed by atoms with Gasteiger partial charge in [0, 0.05) is 0 Å². The molecule has 74 valence electrons. The third-order valence-corrected chi connectivity index (χ3v) is 5.16. The quantitative estimate of drug-likeness (QED) is 0.533. The van der Waals surface area contributed by atoms with E-state index in [0.717, 1.165) is 0 Å². The predicted octanol–water partition coefficient (Wildman–Crippen LogP) is 3.43. The van der Waals surface area contributed by atoms with E-state index in [1.54, 1.807) is 0 Å². The highest BCUT2D eigenvalue weighted by atomic mass is 14.7. The molecule has 0 unspecified atom stereocenters. The van der Waals surface area contributed by atoms with Crippen LogP contribution in [-0.4, -0.2) is 0 Å². The van der Waals surface area contributed by atoms with Crippen LogP contribution >= 0.6 is 0 Å². The van der Waals surface area contributed by atoms with Gasteiger partial charge in [-0.2, -0.15) is 5.26 Å². The van der Waals surface area contributed by atoms with Crippen LogP contribution in [0.3, 0.4) is 0 Å². The lowest BCUT2D eigenvalue weighted by atomic mass is 9.36. The van der Waals surface area contributed by atoms with Gasteiger partial charge in [0.25, 0.3) is 0 Å². The first-order valence-corrected chi connectivity index (χ1v) is 5.88. The van der Waals surface area contributed by atoms with Crippen molar-refractivity contribution < 1.29 is 0 Å². The molecule has 3 aliphatic rings. The van der Waals surface area contributed by atoms with Crippen molar-refractivity contribution in [2.45, 2.75) is 44.9 Å². The first-order valence-electron chi connectivity index (χ1n) is 5.88. The second kappa shape index (κ2) is 2.63. The monoisotopic (exact) mass is 187 g/mol. The largest absolute Gasteiger partial charge is 0.198 e. The van der Waals surface area contributed by atoms with Crippen molar-refractivity contribution in [1.29, 1.82) is 5.26 Å². The molecule has 2 fully saturated rings. The fourth-order valence-corrected chi connectivity index (χ4v) is 4.34. The molecule has 0 saturated heterocycles. The van der Waals surface area contributed by atoms with E-state index in [1.165, 1.54) is 44.9 Å². The van der Waals surface area contributed by atoms with Gasteiger partial charge < -0.3 is 0 Å². The lowest BCUT2D eigenvalue weighted by molar-refractivity contribution is -0.155. The summed E-state index contributed by atoms with van der Waals surface area (Å²) in [6, 6.07) is 2.55. The topological polar surface area (TPSA) is 23.8 Å². The highest BCUT2D eigenvalue weighted by Gasteiger charge is 2.65. The Hall–Kier alpha value is -0.770. The molecule has 0 amide bonds. The molecule has 0 N–H and O–H groups in total. The van der Waals surface area contributed by atoms with E-state index in [0.29, 0.717) is 16.7 Å². The Kier molecular flexibility index (Phi) is 1.60. The van der Waals surface area contributed by atoms with E-state index in [-0.39, 0.29) is 0 Å². The second-order valence-electron chi connectivity index (χ2n) is 5.41. The van der Waals surface area contributed by atoms with Crippen molar-refractivity contribution in [3.63, 3.8) is 0 Å². The molecule has 3 atom stereocenters. The van der Waals surface area contributed by atoms with Gasteiger partial charge in [-0.1, -0.05) is 25.0 Å². The molecular weight excluding hydrogens is 170 g/mol. The number of hydrogen-bond donors (Lipinski definition) is 0. The molecule has 3 rings (SSSR count). The van der Waals surface area contributed by atoms with Crippen LogP contribution in [0, 0.1) is 28.1 Å². The van der Waals surface area contributed by atoms with Gasteiger partial charge in [0.1, 0.15) is 0 Å². The van der Waals surface area contributed by atoms with Crippen LogP contribution in [0.4, 0.5) is 0 Å².